The van der Waals surface area contributed by atoms with E-state index >= 15 is 0 Å². The smallest absolute Gasteiger partial charge is 0.224 e. The van der Waals surface area contributed by atoms with Gasteiger partial charge in [0.25, 0.3) is 0 Å². The molecule has 1 aromatic carbocycles. The fourth-order valence-electron chi connectivity index (χ4n) is 1.89. The molecule has 0 unspecified atom stereocenters. The Labute approximate surface area is 122 Å². The third-order valence-corrected chi connectivity index (χ3v) is 2.96. The van der Waals surface area contributed by atoms with Crippen molar-refractivity contribution in [1.82, 2.24) is 5.32 Å². The fraction of sp³-hybridized carbons (Fsp3) is 0.312. The number of furan rings is 1. The number of benzene rings is 1. The summed E-state index contributed by atoms with van der Waals surface area (Å²) in [5.74, 6) is 1.43. The highest BCUT2D eigenvalue weighted by Crippen LogP contribution is 2.16. The van der Waals surface area contributed by atoms with Crippen LogP contribution in [-0.4, -0.2) is 12.5 Å². The maximum atomic E-state index is 12.9. The van der Waals surface area contributed by atoms with Crippen LogP contribution in [0.4, 0.5) is 4.39 Å². The molecule has 112 valence electrons. The minimum atomic E-state index is -0.362. The molecule has 1 amide bonds. The summed E-state index contributed by atoms with van der Waals surface area (Å²) < 4.78 is 23.7. The molecule has 0 spiro atoms. The molecule has 0 saturated heterocycles. The van der Waals surface area contributed by atoms with Crippen molar-refractivity contribution in [3.8, 4) is 5.75 Å². The second-order valence-electron chi connectivity index (χ2n) is 4.79. The molecule has 0 fully saturated rings. The number of amides is 1. The Balaban J connectivity index is 1.75. The number of rotatable bonds is 6. The Morgan fingerprint density at radius 1 is 1.38 bits per heavy atom. The van der Waals surface area contributed by atoms with Gasteiger partial charge in [-0.1, -0.05) is 6.07 Å². The van der Waals surface area contributed by atoms with E-state index in [0.717, 1.165) is 5.76 Å². The van der Waals surface area contributed by atoms with Crippen molar-refractivity contribution in [1.29, 1.82) is 0 Å². The maximum absolute atomic E-state index is 12.9. The maximum Gasteiger partial charge on any atom is 0.224 e. The van der Waals surface area contributed by atoms with Crippen LogP contribution in [0.1, 0.15) is 30.9 Å². The molecule has 4 nitrogen and oxygen atoms in total. The zero-order valence-corrected chi connectivity index (χ0v) is 12.1. The monoisotopic (exact) mass is 291 g/mol. The van der Waals surface area contributed by atoms with Gasteiger partial charge in [0.05, 0.1) is 19.1 Å². The summed E-state index contributed by atoms with van der Waals surface area (Å²) >= 11 is 0. The lowest BCUT2D eigenvalue weighted by atomic mass is 10.2. The summed E-state index contributed by atoms with van der Waals surface area (Å²) in [5, 5.41) is 2.82. The number of carbonyl (C=O) groups is 1. The quantitative estimate of drug-likeness (QED) is 0.887. The minimum absolute atomic E-state index is 0.145. The highest BCUT2D eigenvalue weighted by molar-refractivity contribution is 5.76. The molecule has 0 radical (unpaired) electrons. The average molecular weight is 291 g/mol. The second kappa shape index (κ2) is 6.92. The lowest BCUT2D eigenvalue weighted by molar-refractivity contribution is -0.122. The van der Waals surface area contributed by atoms with Crippen LogP contribution in [0.3, 0.4) is 0 Å². The van der Waals surface area contributed by atoms with Crippen LogP contribution < -0.4 is 10.1 Å². The van der Waals surface area contributed by atoms with Crippen LogP contribution in [0.5, 0.6) is 5.75 Å². The van der Waals surface area contributed by atoms with Crippen LogP contribution in [0.15, 0.2) is 40.8 Å². The summed E-state index contributed by atoms with van der Waals surface area (Å²) in [5.41, 5.74) is 0. The fourth-order valence-corrected chi connectivity index (χ4v) is 1.89. The molecule has 0 aliphatic carbocycles. The first-order valence-corrected chi connectivity index (χ1v) is 6.78. The Morgan fingerprint density at radius 2 is 2.19 bits per heavy atom. The van der Waals surface area contributed by atoms with E-state index < -0.39 is 0 Å². The van der Waals surface area contributed by atoms with Crippen LogP contribution >= 0.6 is 0 Å². The van der Waals surface area contributed by atoms with Crippen molar-refractivity contribution in [3.05, 3.63) is 53.7 Å². The molecule has 0 aliphatic rings. The molecule has 1 atom stereocenters. The largest absolute Gasteiger partial charge is 0.493 e. The summed E-state index contributed by atoms with van der Waals surface area (Å²) in [6, 6.07) is 9.33. The number of halogens is 1. The molecular formula is C16H18FNO3. The van der Waals surface area contributed by atoms with Gasteiger partial charge in [0.15, 0.2) is 0 Å². The molecule has 2 aromatic rings. The van der Waals surface area contributed by atoms with Crippen molar-refractivity contribution in [3.63, 3.8) is 0 Å². The highest BCUT2D eigenvalue weighted by atomic mass is 19.1. The number of nitrogens with one attached hydrogen (secondary N) is 1. The van der Waals surface area contributed by atoms with E-state index in [1.54, 1.807) is 12.1 Å². The Bertz CT molecular complexity index is 609. The topological polar surface area (TPSA) is 51.5 Å². The number of hydrogen-bond donors (Lipinski definition) is 1. The Hall–Kier alpha value is -2.30. The molecule has 1 N–H and O–H groups in total. The molecule has 0 aliphatic heterocycles. The summed E-state index contributed by atoms with van der Waals surface area (Å²) in [4.78, 5) is 11.8. The van der Waals surface area contributed by atoms with Gasteiger partial charge >= 0.3 is 0 Å². The van der Waals surface area contributed by atoms with Crippen molar-refractivity contribution in [2.24, 2.45) is 0 Å². The molecule has 1 heterocycles. The normalized spacial score (nSPS) is 12.0. The minimum Gasteiger partial charge on any atom is -0.493 e. The van der Waals surface area contributed by atoms with Gasteiger partial charge in [0.1, 0.15) is 23.1 Å². The molecule has 0 saturated carbocycles. The van der Waals surface area contributed by atoms with Crippen molar-refractivity contribution < 1.29 is 18.3 Å². The standard InChI is InChI=1S/C16H18FNO3/c1-11-6-7-15(21-11)12(2)18-16(19)8-9-20-14-5-3-4-13(17)10-14/h3-7,10,12H,8-9H2,1-2H3,(H,18,19)/t12-/m0/s1. The zero-order valence-electron chi connectivity index (χ0n) is 12.1. The van der Waals surface area contributed by atoms with E-state index in [2.05, 4.69) is 5.32 Å². The number of hydrogen-bond acceptors (Lipinski definition) is 3. The van der Waals surface area contributed by atoms with Gasteiger partial charge in [-0.3, -0.25) is 4.79 Å². The van der Waals surface area contributed by atoms with Gasteiger partial charge in [-0.2, -0.15) is 0 Å². The molecule has 5 heteroatoms. The first kappa shape index (κ1) is 15.1. The predicted molar refractivity (Wildman–Crippen MR) is 76.5 cm³/mol. The van der Waals surface area contributed by atoms with E-state index in [1.807, 2.05) is 26.0 Å². The summed E-state index contributed by atoms with van der Waals surface area (Å²) in [6.07, 6.45) is 0.195. The first-order chi connectivity index (χ1) is 10.0. The number of ether oxygens (including phenoxy) is 1. The summed E-state index contributed by atoms with van der Waals surface area (Å²) in [7, 11) is 0. The molecule has 21 heavy (non-hydrogen) atoms. The Kier molecular flexibility index (Phi) is 4.98. The van der Waals surface area contributed by atoms with Gasteiger partial charge < -0.3 is 14.5 Å². The molecule has 1 aromatic heterocycles. The third-order valence-electron chi connectivity index (χ3n) is 2.96. The second-order valence-corrected chi connectivity index (χ2v) is 4.79. The average Bonchev–Trinajstić information content (AvgIpc) is 2.85. The van der Waals surface area contributed by atoms with E-state index in [0.29, 0.717) is 11.5 Å². The first-order valence-electron chi connectivity index (χ1n) is 6.78. The lowest BCUT2D eigenvalue weighted by Gasteiger charge is -2.12. The van der Waals surface area contributed by atoms with Crippen LogP contribution in [0.25, 0.3) is 0 Å². The number of aryl methyl sites for hydroxylation is 1. The molecule has 2 rings (SSSR count). The van der Waals surface area contributed by atoms with E-state index in [1.165, 1.54) is 12.1 Å². The van der Waals surface area contributed by atoms with E-state index in [9.17, 15) is 9.18 Å². The lowest BCUT2D eigenvalue weighted by Crippen LogP contribution is -2.27. The van der Waals surface area contributed by atoms with E-state index in [-0.39, 0.29) is 30.8 Å². The van der Waals surface area contributed by atoms with Gasteiger partial charge in [-0.25, -0.2) is 4.39 Å². The van der Waals surface area contributed by atoms with Gasteiger partial charge in [0.2, 0.25) is 5.91 Å². The van der Waals surface area contributed by atoms with Crippen LogP contribution in [-0.2, 0) is 4.79 Å². The van der Waals surface area contributed by atoms with E-state index in [4.69, 9.17) is 9.15 Å². The van der Waals surface area contributed by atoms with Crippen LogP contribution in [0.2, 0.25) is 0 Å². The zero-order chi connectivity index (χ0) is 15.2. The SMILES string of the molecule is Cc1ccc([C@H](C)NC(=O)CCOc2cccc(F)c2)o1. The van der Waals surface area contributed by atoms with Crippen LogP contribution in [0, 0.1) is 12.7 Å². The highest BCUT2D eigenvalue weighted by Gasteiger charge is 2.12. The van der Waals surface area contributed by atoms with Gasteiger partial charge in [-0.15, -0.1) is 0 Å². The Morgan fingerprint density at radius 3 is 2.86 bits per heavy atom. The van der Waals surface area contributed by atoms with Gasteiger partial charge in [0, 0.05) is 6.07 Å². The summed E-state index contributed by atoms with van der Waals surface area (Å²) in [6.45, 7) is 3.90. The molecular weight excluding hydrogens is 273 g/mol. The number of carbonyl (C=O) groups excluding carboxylic acids is 1. The predicted octanol–water partition coefficient (Wildman–Crippen LogP) is 3.37. The molecule has 0 bridgehead atoms. The van der Waals surface area contributed by atoms with Crippen molar-refractivity contribution in [2.45, 2.75) is 26.3 Å². The third kappa shape index (κ3) is 4.63. The van der Waals surface area contributed by atoms with Gasteiger partial charge in [-0.05, 0) is 38.1 Å². The van der Waals surface area contributed by atoms with Crippen molar-refractivity contribution in [2.75, 3.05) is 6.61 Å². The van der Waals surface area contributed by atoms with Crippen molar-refractivity contribution >= 4 is 5.91 Å².